The molecule has 4 rings (SSSR count). The Morgan fingerprint density at radius 1 is 1.10 bits per heavy atom. The smallest absolute Gasteiger partial charge is 0.305 e. The highest BCUT2D eigenvalue weighted by molar-refractivity contribution is 7.17. The number of hydrogen-bond donors (Lipinski definition) is 2. The summed E-state index contributed by atoms with van der Waals surface area (Å²) in [6.45, 7) is 4.18. The lowest BCUT2D eigenvalue weighted by Crippen LogP contribution is -2.25. The average Bonchev–Trinajstić information content (AvgIpc) is 3.18. The quantitative estimate of drug-likeness (QED) is 0.370. The van der Waals surface area contributed by atoms with Gasteiger partial charge in [0.05, 0.1) is 11.8 Å². The molecule has 6 nitrogen and oxygen atoms in total. The summed E-state index contributed by atoms with van der Waals surface area (Å²) in [4.78, 5) is 26.3. The molecule has 0 radical (unpaired) electrons. The minimum Gasteiger partial charge on any atom is -0.481 e. The van der Waals surface area contributed by atoms with Crippen LogP contribution in [0.4, 0.5) is 5.82 Å². The third kappa shape index (κ3) is 4.88. The van der Waals surface area contributed by atoms with Crippen LogP contribution in [0.2, 0.25) is 0 Å². The summed E-state index contributed by atoms with van der Waals surface area (Å²) in [6.07, 6.45) is 2.46. The number of hydrogen-bond acceptors (Lipinski definition) is 6. The molecule has 0 spiro atoms. The highest BCUT2D eigenvalue weighted by Crippen LogP contribution is 2.38. The Labute approximate surface area is 185 Å². The molecule has 0 aliphatic carbocycles. The third-order valence-electron chi connectivity index (χ3n) is 4.93. The second-order valence-electron chi connectivity index (χ2n) is 7.88. The number of pyridine rings is 1. The molecule has 158 valence electrons. The van der Waals surface area contributed by atoms with Gasteiger partial charge in [0.25, 0.3) is 0 Å². The maximum Gasteiger partial charge on any atom is 0.305 e. The van der Waals surface area contributed by atoms with Gasteiger partial charge >= 0.3 is 5.97 Å². The van der Waals surface area contributed by atoms with E-state index in [-0.39, 0.29) is 12.5 Å². The van der Waals surface area contributed by atoms with Gasteiger partial charge in [0.1, 0.15) is 16.3 Å². The summed E-state index contributed by atoms with van der Waals surface area (Å²) in [7, 11) is 0. The highest BCUT2D eigenvalue weighted by atomic mass is 32.1. The van der Waals surface area contributed by atoms with E-state index in [1.54, 1.807) is 17.5 Å². The number of benzene rings is 1. The van der Waals surface area contributed by atoms with Crippen LogP contribution in [0.25, 0.3) is 32.9 Å². The van der Waals surface area contributed by atoms with Crippen molar-refractivity contribution >= 4 is 33.3 Å². The third-order valence-corrected chi connectivity index (χ3v) is 5.80. The van der Waals surface area contributed by atoms with Crippen molar-refractivity contribution in [1.29, 1.82) is 0 Å². The lowest BCUT2D eigenvalue weighted by atomic mass is 10.0. The number of carboxylic acid groups (broad SMARTS) is 1. The number of thiophene rings is 1. The highest BCUT2D eigenvalue weighted by Gasteiger charge is 2.21. The molecule has 0 bridgehead atoms. The van der Waals surface area contributed by atoms with E-state index in [0.29, 0.717) is 23.3 Å². The number of carbonyl (C=O) groups is 1. The molecular formula is C24H24N4O2S. The van der Waals surface area contributed by atoms with Crippen LogP contribution in [0.1, 0.15) is 26.7 Å². The van der Waals surface area contributed by atoms with E-state index >= 15 is 0 Å². The van der Waals surface area contributed by atoms with E-state index in [4.69, 9.17) is 9.97 Å². The molecule has 0 aliphatic heterocycles. The second-order valence-corrected chi connectivity index (χ2v) is 8.73. The fourth-order valence-electron chi connectivity index (χ4n) is 3.65. The molecular weight excluding hydrogens is 408 g/mol. The van der Waals surface area contributed by atoms with Gasteiger partial charge in [-0.3, -0.25) is 9.78 Å². The minimum absolute atomic E-state index is 0.0212. The standard InChI is InChI=1S/C24H24N4O2S/c1-15(2)12-17(13-20(29)30)26-23-21-18(16-8-4-3-5-9-16)14-31-24(21)28-22(27-23)19-10-6-7-11-25-19/h3-11,14-15,17H,12-13H2,1-2H3,(H,29,30)(H,26,27,28)/t17-/m1/s1. The first kappa shape index (κ1) is 20.9. The molecule has 3 aromatic heterocycles. The Morgan fingerprint density at radius 3 is 2.55 bits per heavy atom. The van der Waals surface area contributed by atoms with Gasteiger partial charge in [-0.2, -0.15) is 0 Å². The van der Waals surface area contributed by atoms with Crippen LogP contribution in [-0.2, 0) is 4.79 Å². The zero-order valence-electron chi connectivity index (χ0n) is 17.4. The number of aromatic nitrogens is 3. The molecule has 7 heteroatoms. The summed E-state index contributed by atoms with van der Waals surface area (Å²) >= 11 is 1.55. The van der Waals surface area contributed by atoms with Crippen molar-refractivity contribution in [3.8, 4) is 22.6 Å². The van der Waals surface area contributed by atoms with Crippen molar-refractivity contribution in [1.82, 2.24) is 15.0 Å². The summed E-state index contributed by atoms with van der Waals surface area (Å²) in [6, 6.07) is 15.5. The molecule has 0 unspecified atom stereocenters. The lowest BCUT2D eigenvalue weighted by Gasteiger charge is -2.21. The molecule has 0 fully saturated rings. The topological polar surface area (TPSA) is 88.0 Å². The molecule has 0 aliphatic rings. The van der Waals surface area contributed by atoms with E-state index in [2.05, 4.69) is 41.7 Å². The lowest BCUT2D eigenvalue weighted by molar-refractivity contribution is -0.137. The van der Waals surface area contributed by atoms with Crippen LogP contribution in [0.3, 0.4) is 0 Å². The van der Waals surface area contributed by atoms with Gasteiger partial charge in [-0.05, 0) is 30.0 Å². The first-order valence-electron chi connectivity index (χ1n) is 10.3. The van der Waals surface area contributed by atoms with E-state index in [9.17, 15) is 9.90 Å². The second kappa shape index (κ2) is 9.22. The Kier molecular flexibility index (Phi) is 6.23. The average molecular weight is 433 g/mol. The molecule has 0 amide bonds. The maximum atomic E-state index is 11.5. The SMILES string of the molecule is CC(C)C[C@H](CC(=O)O)Nc1nc(-c2ccccn2)nc2scc(-c3ccccc3)c12. The Morgan fingerprint density at radius 2 is 1.87 bits per heavy atom. The summed E-state index contributed by atoms with van der Waals surface area (Å²) in [5, 5.41) is 15.9. The fourth-order valence-corrected chi connectivity index (χ4v) is 4.60. The van der Waals surface area contributed by atoms with Gasteiger partial charge in [-0.1, -0.05) is 50.2 Å². The first-order valence-corrected chi connectivity index (χ1v) is 11.1. The first-order chi connectivity index (χ1) is 15.0. The van der Waals surface area contributed by atoms with Crippen LogP contribution >= 0.6 is 11.3 Å². The molecule has 4 aromatic rings. The van der Waals surface area contributed by atoms with Crippen molar-refractivity contribution in [3.05, 3.63) is 60.1 Å². The van der Waals surface area contributed by atoms with E-state index in [1.165, 1.54) is 0 Å². The maximum absolute atomic E-state index is 11.5. The van der Waals surface area contributed by atoms with E-state index in [0.717, 1.165) is 27.8 Å². The van der Waals surface area contributed by atoms with Crippen LogP contribution in [0.15, 0.2) is 60.1 Å². The van der Waals surface area contributed by atoms with Crippen molar-refractivity contribution in [2.24, 2.45) is 5.92 Å². The molecule has 1 atom stereocenters. The number of nitrogens with one attached hydrogen (secondary N) is 1. The molecule has 2 N–H and O–H groups in total. The Balaban J connectivity index is 1.86. The monoisotopic (exact) mass is 432 g/mol. The molecule has 0 saturated heterocycles. The zero-order chi connectivity index (χ0) is 21.8. The predicted molar refractivity (Wildman–Crippen MR) is 125 cm³/mol. The molecule has 31 heavy (non-hydrogen) atoms. The Hall–Kier alpha value is -3.32. The summed E-state index contributed by atoms with van der Waals surface area (Å²) < 4.78 is 0. The molecule has 1 aromatic carbocycles. The van der Waals surface area contributed by atoms with Crippen molar-refractivity contribution in [2.75, 3.05) is 5.32 Å². The number of nitrogens with zero attached hydrogens (tertiary/aromatic N) is 3. The summed E-state index contributed by atoms with van der Waals surface area (Å²) in [5.74, 6) is 0.691. The number of aliphatic carboxylic acids is 1. The number of rotatable bonds is 8. The van der Waals surface area contributed by atoms with Crippen LogP contribution in [0.5, 0.6) is 0 Å². The fraction of sp³-hybridized carbons (Fsp3) is 0.250. The van der Waals surface area contributed by atoms with Crippen molar-refractivity contribution < 1.29 is 9.90 Å². The van der Waals surface area contributed by atoms with Crippen molar-refractivity contribution in [3.63, 3.8) is 0 Å². The van der Waals surface area contributed by atoms with Gasteiger partial charge in [0.2, 0.25) is 0 Å². The molecule has 0 saturated carbocycles. The van der Waals surface area contributed by atoms with Gasteiger partial charge in [-0.15, -0.1) is 11.3 Å². The largest absolute Gasteiger partial charge is 0.481 e. The minimum atomic E-state index is -0.831. The predicted octanol–water partition coefficient (Wildman–Crippen LogP) is 5.72. The number of carboxylic acids is 1. The zero-order valence-corrected chi connectivity index (χ0v) is 18.3. The van der Waals surface area contributed by atoms with Crippen LogP contribution in [0, 0.1) is 5.92 Å². The van der Waals surface area contributed by atoms with Crippen LogP contribution in [-0.4, -0.2) is 32.1 Å². The molecule has 3 heterocycles. The van der Waals surface area contributed by atoms with Crippen molar-refractivity contribution in [2.45, 2.75) is 32.7 Å². The Bertz CT molecular complexity index is 1180. The van der Waals surface area contributed by atoms with E-state index < -0.39 is 5.97 Å². The van der Waals surface area contributed by atoms with Gasteiger partial charge < -0.3 is 10.4 Å². The summed E-state index contributed by atoms with van der Waals surface area (Å²) in [5.41, 5.74) is 2.79. The normalized spacial score (nSPS) is 12.2. The van der Waals surface area contributed by atoms with Crippen LogP contribution < -0.4 is 5.32 Å². The van der Waals surface area contributed by atoms with Gasteiger partial charge in [0.15, 0.2) is 5.82 Å². The van der Waals surface area contributed by atoms with Gasteiger partial charge in [0, 0.05) is 23.2 Å². The van der Waals surface area contributed by atoms with Gasteiger partial charge in [-0.25, -0.2) is 9.97 Å². The number of fused-ring (bicyclic) bond motifs is 1. The van der Waals surface area contributed by atoms with E-state index in [1.807, 2.05) is 36.4 Å². The number of anilines is 1.